The summed E-state index contributed by atoms with van der Waals surface area (Å²) in [5.41, 5.74) is 0.392. The number of aliphatic hydroxyl groups is 1. The third-order valence-electron chi connectivity index (χ3n) is 2.83. The zero-order valence-corrected chi connectivity index (χ0v) is 11.6. The molecule has 0 radical (unpaired) electrons. The Labute approximate surface area is 113 Å². The Hall–Kier alpha value is -1.75. The molecule has 0 heterocycles. The molecule has 0 aliphatic heterocycles. The van der Waals surface area contributed by atoms with Crippen LogP contribution in [-0.4, -0.2) is 37.9 Å². The van der Waals surface area contributed by atoms with Gasteiger partial charge in [-0.05, 0) is 31.9 Å². The Kier molecular flexibility index (Phi) is 6.15. The van der Waals surface area contributed by atoms with Gasteiger partial charge in [0.05, 0.1) is 14.2 Å². The number of carbonyl (C=O) groups excluding carboxylic acids is 1. The van der Waals surface area contributed by atoms with E-state index in [-0.39, 0.29) is 18.6 Å². The van der Waals surface area contributed by atoms with Gasteiger partial charge < -0.3 is 19.9 Å². The Morgan fingerprint density at radius 3 is 2.37 bits per heavy atom. The average Bonchev–Trinajstić information content (AvgIpc) is 2.43. The van der Waals surface area contributed by atoms with Gasteiger partial charge in [0.15, 0.2) is 0 Å². The lowest BCUT2D eigenvalue weighted by molar-refractivity contribution is 0.0930. The molecule has 1 amide bonds. The normalized spacial score (nSPS) is 11.8. The van der Waals surface area contributed by atoms with E-state index in [0.29, 0.717) is 23.5 Å². The Morgan fingerprint density at radius 1 is 1.32 bits per heavy atom. The molecule has 1 aromatic rings. The number of hydrogen-bond donors (Lipinski definition) is 2. The smallest absolute Gasteiger partial charge is 0.259 e. The van der Waals surface area contributed by atoms with E-state index in [4.69, 9.17) is 14.6 Å². The van der Waals surface area contributed by atoms with E-state index in [1.54, 1.807) is 18.2 Å². The highest BCUT2D eigenvalue weighted by Crippen LogP contribution is 2.28. The summed E-state index contributed by atoms with van der Waals surface area (Å²) in [6, 6.07) is 5.18. The first-order valence-electron chi connectivity index (χ1n) is 6.26. The minimum Gasteiger partial charge on any atom is -0.496 e. The van der Waals surface area contributed by atoms with E-state index < -0.39 is 0 Å². The Balaban J connectivity index is 2.86. The highest BCUT2D eigenvalue weighted by molar-refractivity contribution is 5.99. The topological polar surface area (TPSA) is 67.8 Å². The second-order valence-electron chi connectivity index (χ2n) is 4.28. The van der Waals surface area contributed by atoms with Crippen molar-refractivity contribution in [1.29, 1.82) is 0 Å². The van der Waals surface area contributed by atoms with E-state index in [2.05, 4.69) is 5.32 Å². The molecule has 0 aliphatic rings. The average molecular weight is 267 g/mol. The van der Waals surface area contributed by atoms with E-state index in [0.717, 1.165) is 6.42 Å². The summed E-state index contributed by atoms with van der Waals surface area (Å²) < 4.78 is 10.4. The molecule has 2 N–H and O–H groups in total. The van der Waals surface area contributed by atoms with Gasteiger partial charge in [-0.2, -0.15) is 0 Å². The maximum absolute atomic E-state index is 12.2. The summed E-state index contributed by atoms with van der Waals surface area (Å²) in [5, 5.41) is 11.6. The predicted octanol–water partition coefficient (Wildman–Crippen LogP) is 1.59. The van der Waals surface area contributed by atoms with Crippen LogP contribution in [-0.2, 0) is 0 Å². The van der Waals surface area contributed by atoms with Crippen molar-refractivity contribution in [3.8, 4) is 11.5 Å². The van der Waals surface area contributed by atoms with E-state index in [9.17, 15) is 4.79 Å². The Morgan fingerprint density at radius 2 is 1.89 bits per heavy atom. The van der Waals surface area contributed by atoms with Crippen LogP contribution in [0.3, 0.4) is 0 Å². The summed E-state index contributed by atoms with van der Waals surface area (Å²) in [4.78, 5) is 12.2. The summed E-state index contributed by atoms with van der Waals surface area (Å²) in [6.45, 7) is 2.02. The van der Waals surface area contributed by atoms with E-state index >= 15 is 0 Å². The van der Waals surface area contributed by atoms with Crippen LogP contribution < -0.4 is 14.8 Å². The molecule has 0 spiro atoms. The zero-order chi connectivity index (χ0) is 14.3. The molecule has 0 aromatic heterocycles. The van der Waals surface area contributed by atoms with Crippen molar-refractivity contribution >= 4 is 5.91 Å². The van der Waals surface area contributed by atoms with Crippen LogP contribution in [0.5, 0.6) is 11.5 Å². The van der Waals surface area contributed by atoms with Crippen molar-refractivity contribution in [2.75, 3.05) is 20.8 Å². The number of amides is 1. The monoisotopic (exact) mass is 267 g/mol. The van der Waals surface area contributed by atoms with Crippen molar-refractivity contribution in [3.63, 3.8) is 0 Å². The van der Waals surface area contributed by atoms with Crippen LogP contribution in [0.1, 0.15) is 30.1 Å². The van der Waals surface area contributed by atoms with Crippen LogP contribution in [0.25, 0.3) is 0 Å². The minimum absolute atomic E-state index is 0.0192. The molecule has 0 aliphatic carbocycles. The van der Waals surface area contributed by atoms with Gasteiger partial charge in [0.25, 0.3) is 5.91 Å². The van der Waals surface area contributed by atoms with Gasteiger partial charge in [-0.25, -0.2) is 0 Å². The van der Waals surface area contributed by atoms with E-state index in [1.165, 1.54) is 14.2 Å². The molecular weight excluding hydrogens is 246 g/mol. The largest absolute Gasteiger partial charge is 0.496 e. The molecule has 19 heavy (non-hydrogen) atoms. The summed E-state index contributed by atoms with van der Waals surface area (Å²) in [5.74, 6) is 0.720. The van der Waals surface area contributed by atoms with Crippen molar-refractivity contribution in [1.82, 2.24) is 5.32 Å². The second kappa shape index (κ2) is 7.63. The first-order valence-corrected chi connectivity index (χ1v) is 6.26. The quantitative estimate of drug-likeness (QED) is 0.787. The van der Waals surface area contributed by atoms with Gasteiger partial charge in [0.2, 0.25) is 0 Å². The van der Waals surface area contributed by atoms with Crippen molar-refractivity contribution in [3.05, 3.63) is 23.8 Å². The second-order valence-corrected chi connectivity index (χ2v) is 4.28. The van der Waals surface area contributed by atoms with Crippen LogP contribution in [0, 0.1) is 0 Å². The van der Waals surface area contributed by atoms with Crippen LogP contribution in [0.4, 0.5) is 0 Å². The van der Waals surface area contributed by atoms with Crippen LogP contribution >= 0.6 is 0 Å². The number of benzene rings is 1. The number of rotatable bonds is 7. The lowest BCUT2D eigenvalue weighted by atomic mass is 10.1. The highest BCUT2D eigenvalue weighted by atomic mass is 16.5. The SMILES string of the molecule is COc1cccc(OC)c1C(=O)NC(C)CCCO. The lowest BCUT2D eigenvalue weighted by Crippen LogP contribution is -2.33. The molecule has 1 aromatic carbocycles. The van der Waals surface area contributed by atoms with Gasteiger partial charge in [-0.1, -0.05) is 6.07 Å². The van der Waals surface area contributed by atoms with Crippen molar-refractivity contribution in [2.24, 2.45) is 0 Å². The van der Waals surface area contributed by atoms with Crippen molar-refractivity contribution < 1.29 is 19.4 Å². The third-order valence-corrected chi connectivity index (χ3v) is 2.83. The molecule has 5 nitrogen and oxygen atoms in total. The fourth-order valence-electron chi connectivity index (χ4n) is 1.84. The molecule has 1 unspecified atom stereocenters. The summed E-state index contributed by atoms with van der Waals surface area (Å²) in [6.07, 6.45) is 1.38. The zero-order valence-electron chi connectivity index (χ0n) is 11.6. The predicted molar refractivity (Wildman–Crippen MR) is 72.8 cm³/mol. The third kappa shape index (κ3) is 4.13. The Bertz CT molecular complexity index is 398. The van der Waals surface area contributed by atoms with Gasteiger partial charge in [0, 0.05) is 12.6 Å². The molecule has 106 valence electrons. The molecule has 0 saturated carbocycles. The van der Waals surface area contributed by atoms with Gasteiger partial charge in [-0.15, -0.1) is 0 Å². The highest BCUT2D eigenvalue weighted by Gasteiger charge is 2.19. The maximum Gasteiger partial charge on any atom is 0.259 e. The summed E-state index contributed by atoms with van der Waals surface area (Å²) >= 11 is 0. The molecule has 1 rings (SSSR count). The molecular formula is C14H21NO4. The molecule has 1 atom stereocenters. The maximum atomic E-state index is 12.2. The first kappa shape index (κ1) is 15.3. The lowest BCUT2D eigenvalue weighted by Gasteiger charge is -2.16. The number of methoxy groups -OCH3 is 2. The van der Waals surface area contributed by atoms with Gasteiger partial charge in [-0.3, -0.25) is 4.79 Å². The standard InChI is InChI=1S/C14H21NO4/c1-10(6-5-9-16)15-14(17)13-11(18-2)7-4-8-12(13)19-3/h4,7-8,10,16H,5-6,9H2,1-3H3,(H,15,17). The van der Waals surface area contributed by atoms with Crippen LogP contribution in [0.2, 0.25) is 0 Å². The number of aliphatic hydroxyl groups excluding tert-OH is 1. The fourth-order valence-corrected chi connectivity index (χ4v) is 1.84. The number of nitrogens with one attached hydrogen (secondary N) is 1. The summed E-state index contributed by atoms with van der Waals surface area (Å²) in [7, 11) is 3.03. The van der Waals surface area contributed by atoms with Gasteiger partial charge >= 0.3 is 0 Å². The van der Waals surface area contributed by atoms with Gasteiger partial charge in [0.1, 0.15) is 17.1 Å². The van der Waals surface area contributed by atoms with E-state index in [1.807, 2.05) is 6.92 Å². The van der Waals surface area contributed by atoms with Crippen LogP contribution in [0.15, 0.2) is 18.2 Å². The minimum atomic E-state index is -0.236. The number of ether oxygens (including phenoxy) is 2. The first-order chi connectivity index (χ1) is 9.13. The number of hydrogen-bond acceptors (Lipinski definition) is 4. The molecule has 0 fully saturated rings. The molecule has 5 heteroatoms. The molecule has 0 saturated heterocycles. The number of carbonyl (C=O) groups is 1. The fraction of sp³-hybridized carbons (Fsp3) is 0.500. The van der Waals surface area contributed by atoms with Crippen molar-refractivity contribution in [2.45, 2.75) is 25.8 Å². The molecule has 0 bridgehead atoms.